The molecule has 0 fully saturated rings. The molecule has 1 aromatic carbocycles. The Morgan fingerprint density at radius 1 is 1.24 bits per heavy atom. The number of carbonyl (C=O) groups excluding carboxylic acids is 1. The van der Waals surface area contributed by atoms with E-state index in [-0.39, 0.29) is 26.0 Å². The minimum Gasteiger partial charge on any atom is -0.466 e. The Labute approximate surface area is 155 Å². The number of aromatic nitrogens is 1. The number of thioether (sulfide) groups is 1. The van der Waals surface area contributed by atoms with Gasteiger partial charge in [-0.1, -0.05) is 38.1 Å². The first-order valence-corrected chi connectivity index (χ1v) is 10.4. The van der Waals surface area contributed by atoms with E-state index in [9.17, 15) is 9.36 Å². The highest BCUT2D eigenvalue weighted by Crippen LogP contribution is 2.31. The molecule has 0 aliphatic heterocycles. The Bertz CT molecular complexity index is 723. The second-order valence-electron chi connectivity index (χ2n) is 6.31. The van der Waals surface area contributed by atoms with Crippen molar-refractivity contribution in [3.8, 4) is 0 Å². The van der Waals surface area contributed by atoms with Crippen LogP contribution in [0.25, 0.3) is 10.9 Å². The quantitative estimate of drug-likeness (QED) is 0.341. The van der Waals surface area contributed by atoms with E-state index in [0.717, 1.165) is 15.9 Å². The molecule has 0 aliphatic carbocycles. The van der Waals surface area contributed by atoms with Gasteiger partial charge >= 0.3 is 5.97 Å². The minimum absolute atomic E-state index is 0.0214. The molecule has 2 rings (SSSR count). The molecule has 4 nitrogen and oxygen atoms in total. The number of benzene rings is 1. The summed E-state index contributed by atoms with van der Waals surface area (Å²) < 4.78 is 16.9. The van der Waals surface area contributed by atoms with E-state index in [2.05, 4.69) is 18.8 Å². The van der Waals surface area contributed by atoms with Crippen LogP contribution in [0.5, 0.6) is 0 Å². The van der Waals surface area contributed by atoms with Gasteiger partial charge in [-0.3, -0.25) is 9.36 Å². The fourth-order valence-electron chi connectivity index (χ4n) is 2.69. The lowest BCUT2D eigenvalue weighted by Gasteiger charge is -2.22. The molecule has 2 atom stereocenters. The standard InChI is InChI=1S/C19H24NO3PS/c1-4-23-19(21)15(11-13(2)3)17(24-22)12-25-18-10-9-14-7-5-6-8-16(14)20-18/h5-10,13,15,17H,4,11-12H2,1-3H3. The summed E-state index contributed by atoms with van der Waals surface area (Å²) in [6.45, 7) is 6.25. The first-order chi connectivity index (χ1) is 12.0. The van der Waals surface area contributed by atoms with E-state index in [1.54, 1.807) is 6.92 Å². The third-order valence-corrected chi connectivity index (χ3v) is 6.00. The second-order valence-corrected chi connectivity index (χ2v) is 8.23. The smallest absolute Gasteiger partial charge is 0.310 e. The Morgan fingerprint density at radius 3 is 2.68 bits per heavy atom. The molecule has 6 heteroatoms. The molecule has 0 N–H and O–H groups in total. The van der Waals surface area contributed by atoms with Crippen LogP contribution in [-0.4, -0.2) is 29.0 Å². The van der Waals surface area contributed by atoms with Crippen molar-refractivity contribution >= 4 is 37.1 Å². The van der Waals surface area contributed by atoms with Crippen LogP contribution in [0.4, 0.5) is 0 Å². The van der Waals surface area contributed by atoms with Crippen LogP contribution in [0, 0.1) is 11.8 Å². The van der Waals surface area contributed by atoms with E-state index >= 15 is 0 Å². The lowest BCUT2D eigenvalue weighted by molar-refractivity contribution is -0.148. The Kier molecular flexibility index (Phi) is 7.86. The molecule has 2 aromatic rings. The highest BCUT2D eigenvalue weighted by atomic mass is 32.2. The van der Waals surface area contributed by atoms with Crippen molar-refractivity contribution in [2.24, 2.45) is 11.8 Å². The van der Waals surface area contributed by atoms with Gasteiger partial charge in [0.15, 0.2) is 8.46 Å². The number of hydrogen-bond donors (Lipinski definition) is 0. The summed E-state index contributed by atoms with van der Waals surface area (Å²) in [5.41, 5.74) is 0.660. The van der Waals surface area contributed by atoms with Crippen LogP contribution in [0.1, 0.15) is 27.2 Å². The largest absolute Gasteiger partial charge is 0.466 e. The van der Waals surface area contributed by atoms with Crippen LogP contribution in [0.3, 0.4) is 0 Å². The van der Waals surface area contributed by atoms with Crippen LogP contribution in [0.2, 0.25) is 0 Å². The third kappa shape index (κ3) is 5.79. The molecule has 1 heterocycles. The van der Waals surface area contributed by atoms with Crippen molar-refractivity contribution in [2.45, 2.75) is 37.9 Å². The Balaban J connectivity index is 2.09. The Hall–Kier alpha value is -1.45. The van der Waals surface area contributed by atoms with Crippen LogP contribution in [-0.2, 0) is 14.1 Å². The van der Waals surface area contributed by atoms with Gasteiger partial charge in [-0.05, 0) is 31.4 Å². The summed E-state index contributed by atoms with van der Waals surface area (Å²) in [4.78, 5) is 16.9. The van der Waals surface area contributed by atoms with Crippen molar-refractivity contribution in [3.63, 3.8) is 0 Å². The lowest BCUT2D eigenvalue weighted by atomic mass is 9.94. The maximum atomic E-state index is 12.3. The molecule has 1 aromatic heterocycles. The van der Waals surface area contributed by atoms with Crippen LogP contribution >= 0.6 is 20.2 Å². The first kappa shape index (κ1) is 19.9. The molecular formula is C19H24NO3PS. The lowest BCUT2D eigenvalue weighted by Crippen LogP contribution is -2.29. The van der Waals surface area contributed by atoms with E-state index in [0.29, 0.717) is 24.7 Å². The molecular weight excluding hydrogens is 353 g/mol. The van der Waals surface area contributed by atoms with Crippen molar-refractivity contribution in [1.29, 1.82) is 0 Å². The summed E-state index contributed by atoms with van der Waals surface area (Å²) in [6, 6.07) is 11.9. The predicted octanol–water partition coefficient (Wildman–Crippen LogP) is 5.21. The molecule has 0 radical (unpaired) electrons. The molecule has 0 bridgehead atoms. The summed E-state index contributed by atoms with van der Waals surface area (Å²) in [6.07, 6.45) is 0.671. The number of rotatable bonds is 9. The number of esters is 1. The normalized spacial score (nSPS) is 13.9. The monoisotopic (exact) mass is 377 g/mol. The summed E-state index contributed by atoms with van der Waals surface area (Å²) in [7, 11) is -0.0214. The average Bonchev–Trinajstić information content (AvgIpc) is 2.61. The number of hydrogen-bond acceptors (Lipinski definition) is 5. The molecule has 134 valence electrons. The SMILES string of the molecule is CCOC(=O)C(CC(C)C)C(CSc1ccc2ccccc2n1)P=O. The number of fused-ring (bicyclic) bond motifs is 1. The number of pyridine rings is 1. The average molecular weight is 377 g/mol. The van der Waals surface area contributed by atoms with Gasteiger partial charge in [-0.15, -0.1) is 11.8 Å². The van der Waals surface area contributed by atoms with Gasteiger partial charge < -0.3 is 4.74 Å². The van der Waals surface area contributed by atoms with Gasteiger partial charge in [0, 0.05) is 11.1 Å². The van der Waals surface area contributed by atoms with Crippen LogP contribution < -0.4 is 0 Å². The fraction of sp³-hybridized carbons (Fsp3) is 0.474. The van der Waals surface area contributed by atoms with E-state index in [1.165, 1.54) is 11.8 Å². The summed E-state index contributed by atoms with van der Waals surface area (Å²) >= 11 is 1.53. The zero-order chi connectivity index (χ0) is 18.2. The summed E-state index contributed by atoms with van der Waals surface area (Å²) in [5, 5.41) is 1.97. The number of ether oxygens (including phenoxy) is 1. The predicted molar refractivity (Wildman–Crippen MR) is 103 cm³/mol. The van der Waals surface area contributed by atoms with E-state index in [4.69, 9.17) is 4.74 Å². The molecule has 0 spiro atoms. The van der Waals surface area contributed by atoms with Gasteiger partial charge in [0.25, 0.3) is 0 Å². The van der Waals surface area contributed by atoms with Gasteiger partial charge in [-0.25, -0.2) is 4.98 Å². The highest BCUT2D eigenvalue weighted by Gasteiger charge is 2.31. The van der Waals surface area contributed by atoms with Gasteiger partial charge in [0.1, 0.15) is 0 Å². The second kappa shape index (κ2) is 9.88. The molecule has 2 unspecified atom stereocenters. The number of carbonyl (C=O) groups is 1. The highest BCUT2D eigenvalue weighted by molar-refractivity contribution is 7.99. The number of para-hydroxylation sites is 1. The molecule has 25 heavy (non-hydrogen) atoms. The number of nitrogens with zero attached hydrogens (tertiary/aromatic N) is 1. The summed E-state index contributed by atoms with van der Waals surface area (Å²) in [5.74, 6) is 0.290. The Morgan fingerprint density at radius 2 is 2.00 bits per heavy atom. The van der Waals surface area contributed by atoms with Crippen molar-refractivity contribution in [3.05, 3.63) is 36.4 Å². The zero-order valence-electron chi connectivity index (χ0n) is 14.8. The van der Waals surface area contributed by atoms with Crippen molar-refractivity contribution < 1.29 is 14.1 Å². The van der Waals surface area contributed by atoms with Crippen molar-refractivity contribution in [2.75, 3.05) is 12.4 Å². The molecule has 0 amide bonds. The molecule has 0 saturated heterocycles. The maximum absolute atomic E-state index is 12.3. The van der Waals surface area contributed by atoms with E-state index < -0.39 is 0 Å². The zero-order valence-corrected chi connectivity index (χ0v) is 16.6. The van der Waals surface area contributed by atoms with Gasteiger partial charge in [0.2, 0.25) is 0 Å². The molecule has 0 saturated carbocycles. The minimum atomic E-state index is -0.355. The van der Waals surface area contributed by atoms with Gasteiger partial charge in [-0.2, -0.15) is 0 Å². The van der Waals surface area contributed by atoms with E-state index in [1.807, 2.05) is 36.4 Å². The van der Waals surface area contributed by atoms with Crippen molar-refractivity contribution in [1.82, 2.24) is 4.98 Å². The third-order valence-electron chi connectivity index (χ3n) is 3.89. The topological polar surface area (TPSA) is 56.3 Å². The fourth-order valence-corrected chi connectivity index (χ4v) is 4.44. The van der Waals surface area contributed by atoms with Gasteiger partial charge in [0.05, 0.1) is 28.7 Å². The first-order valence-electron chi connectivity index (χ1n) is 8.52. The maximum Gasteiger partial charge on any atom is 0.310 e. The van der Waals surface area contributed by atoms with Crippen LogP contribution in [0.15, 0.2) is 41.4 Å². The molecule has 0 aliphatic rings.